The Bertz CT molecular complexity index is 463. The van der Waals surface area contributed by atoms with E-state index in [4.69, 9.17) is 0 Å². The molecule has 0 aliphatic carbocycles. The number of aryl methyl sites for hydroxylation is 1. The summed E-state index contributed by atoms with van der Waals surface area (Å²) in [6.45, 7) is 5.81. The molecule has 0 amide bonds. The van der Waals surface area contributed by atoms with Gasteiger partial charge in [-0.05, 0) is 13.8 Å². The first-order valence-corrected chi connectivity index (χ1v) is 5.42. The molecular formula is C11H15N5. The minimum atomic E-state index is 0.806. The molecular weight excluding hydrogens is 202 g/mol. The van der Waals surface area contributed by atoms with Crippen molar-refractivity contribution < 1.29 is 0 Å². The Kier molecular flexibility index (Phi) is 3.14. The van der Waals surface area contributed by atoms with Crippen LogP contribution in [0, 0.1) is 0 Å². The maximum absolute atomic E-state index is 4.36. The summed E-state index contributed by atoms with van der Waals surface area (Å²) in [5, 5.41) is 3.20. The summed E-state index contributed by atoms with van der Waals surface area (Å²) in [6, 6.07) is 0. The first-order valence-electron chi connectivity index (χ1n) is 5.42. The smallest absolute Gasteiger partial charge is 0.154 e. The van der Waals surface area contributed by atoms with Gasteiger partial charge in [0.2, 0.25) is 0 Å². The average molecular weight is 217 g/mol. The van der Waals surface area contributed by atoms with Crippen molar-refractivity contribution in [3.05, 3.63) is 24.9 Å². The van der Waals surface area contributed by atoms with Gasteiger partial charge in [0.05, 0.1) is 18.2 Å². The van der Waals surface area contributed by atoms with Gasteiger partial charge in [-0.3, -0.25) is 0 Å². The van der Waals surface area contributed by atoms with E-state index in [1.54, 1.807) is 18.7 Å². The molecule has 0 aromatic carbocycles. The molecule has 0 aliphatic rings. The normalized spacial score (nSPS) is 10.4. The first-order chi connectivity index (χ1) is 7.86. The molecule has 5 heteroatoms. The summed E-state index contributed by atoms with van der Waals surface area (Å²) in [4.78, 5) is 12.8. The lowest BCUT2D eigenvalue weighted by atomic mass is 10.3. The molecule has 2 heterocycles. The Balaban J connectivity index is 2.46. The van der Waals surface area contributed by atoms with E-state index in [1.165, 1.54) is 0 Å². The number of imidazole rings is 1. The van der Waals surface area contributed by atoms with Crippen LogP contribution in [0.3, 0.4) is 0 Å². The third-order valence-corrected chi connectivity index (χ3v) is 2.34. The molecule has 16 heavy (non-hydrogen) atoms. The van der Waals surface area contributed by atoms with Gasteiger partial charge in [-0.25, -0.2) is 15.0 Å². The Morgan fingerprint density at radius 1 is 1.25 bits per heavy atom. The van der Waals surface area contributed by atoms with Gasteiger partial charge in [0.15, 0.2) is 5.82 Å². The van der Waals surface area contributed by atoms with Crippen molar-refractivity contribution in [2.75, 3.05) is 11.9 Å². The molecule has 0 atom stereocenters. The summed E-state index contributed by atoms with van der Waals surface area (Å²) >= 11 is 0. The van der Waals surface area contributed by atoms with Gasteiger partial charge in [-0.1, -0.05) is 0 Å². The number of anilines is 1. The molecule has 0 saturated carbocycles. The third-order valence-electron chi connectivity index (χ3n) is 2.34. The van der Waals surface area contributed by atoms with Crippen molar-refractivity contribution in [1.82, 2.24) is 19.5 Å². The number of rotatable bonds is 4. The van der Waals surface area contributed by atoms with Gasteiger partial charge in [0.25, 0.3) is 0 Å². The van der Waals surface area contributed by atoms with Gasteiger partial charge in [0.1, 0.15) is 5.69 Å². The van der Waals surface area contributed by atoms with Crippen LogP contribution in [0.5, 0.6) is 0 Å². The van der Waals surface area contributed by atoms with Crippen LogP contribution < -0.4 is 5.32 Å². The lowest BCUT2D eigenvalue weighted by molar-refractivity contribution is 0.766. The van der Waals surface area contributed by atoms with Crippen molar-refractivity contribution in [2.45, 2.75) is 20.4 Å². The lowest BCUT2D eigenvalue weighted by Crippen LogP contribution is -2.05. The maximum Gasteiger partial charge on any atom is 0.154 e. The van der Waals surface area contributed by atoms with E-state index in [2.05, 4.69) is 27.2 Å². The fraction of sp³-hybridized carbons (Fsp3) is 0.364. The molecule has 5 nitrogen and oxygen atoms in total. The van der Waals surface area contributed by atoms with Crippen molar-refractivity contribution in [3.63, 3.8) is 0 Å². The van der Waals surface area contributed by atoms with E-state index in [-0.39, 0.29) is 0 Å². The van der Waals surface area contributed by atoms with E-state index >= 15 is 0 Å². The van der Waals surface area contributed by atoms with Crippen LogP contribution in [0.25, 0.3) is 11.4 Å². The van der Waals surface area contributed by atoms with Crippen LogP contribution in [0.4, 0.5) is 5.82 Å². The number of hydrogen-bond acceptors (Lipinski definition) is 4. The van der Waals surface area contributed by atoms with E-state index in [0.29, 0.717) is 0 Å². The molecule has 2 aromatic heterocycles. The zero-order valence-electron chi connectivity index (χ0n) is 9.51. The summed E-state index contributed by atoms with van der Waals surface area (Å²) < 4.78 is 2.05. The largest absolute Gasteiger partial charge is 0.368 e. The van der Waals surface area contributed by atoms with Crippen LogP contribution in [-0.2, 0) is 6.54 Å². The highest BCUT2D eigenvalue weighted by Crippen LogP contribution is 2.22. The number of hydrogen-bond donors (Lipinski definition) is 1. The van der Waals surface area contributed by atoms with Crippen LogP contribution in [0.15, 0.2) is 24.9 Å². The fourth-order valence-electron chi connectivity index (χ4n) is 1.59. The minimum absolute atomic E-state index is 0.806. The van der Waals surface area contributed by atoms with Crippen molar-refractivity contribution in [2.24, 2.45) is 0 Å². The molecule has 1 N–H and O–H groups in total. The second-order valence-electron chi connectivity index (χ2n) is 3.35. The molecule has 0 bridgehead atoms. The van der Waals surface area contributed by atoms with Gasteiger partial charge in [0, 0.05) is 25.5 Å². The van der Waals surface area contributed by atoms with Crippen LogP contribution in [0.1, 0.15) is 13.8 Å². The average Bonchev–Trinajstić information content (AvgIpc) is 2.78. The van der Waals surface area contributed by atoms with E-state index in [1.807, 2.05) is 17.7 Å². The SMILES string of the molecule is CCNc1nccnc1-c1cncn1CC. The summed E-state index contributed by atoms with van der Waals surface area (Å²) in [5.74, 6) is 0.806. The molecule has 0 spiro atoms. The summed E-state index contributed by atoms with van der Waals surface area (Å²) in [7, 11) is 0. The molecule has 0 unspecified atom stereocenters. The van der Waals surface area contributed by atoms with Crippen molar-refractivity contribution in [1.29, 1.82) is 0 Å². The monoisotopic (exact) mass is 217 g/mol. The maximum atomic E-state index is 4.36. The molecule has 2 aromatic rings. The van der Waals surface area contributed by atoms with E-state index < -0.39 is 0 Å². The van der Waals surface area contributed by atoms with E-state index in [9.17, 15) is 0 Å². The third kappa shape index (κ3) is 1.88. The molecule has 0 aliphatic heterocycles. The van der Waals surface area contributed by atoms with Crippen molar-refractivity contribution in [3.8, 4) is 11.4 Å². The summed E-state index contributed by atoms with van der Waals surface area (Å²) in [5.41, 5.74) is 1.84. The topological polar surface area (TPSA) is 55.6 Å². The highest BCUT2D eigenvalue weighted by molar-refractivity contribution is 5.67. The lowest BCUT2D eigenvalue weighted by Gasteiger charge is -2.09. The summed E-state index contributed by atoms with van der Waals surface area (Å²) in [6.07, 6.45) is 7.01. The standard InChI is InChI=1S/C11H15N5/c1-3-13-11-10(14-5-6-15-11)9-7-12-8-16(9)4-2/h5-8H,3-4H2,1-2H3,(H,13,15). The molecule has 84 valence electrons. The molecule has 0 saturated heterocycles. The predicted octanol–water partition coefficient (Wildman–Crippen LogP) is 1.79. The number of aromatic nitrogens is 4. The Hall–Kier alpha value is -1.91. The highest BCUT2D eigenvalue weighted by atomic mass is 15.1. The minimum Gasteiger partial charge on any atom is -0.368 e. The first kappa shape index (κ1) is 10.6. The number of nitrogens with one attached hydrogen (secondary N) is 1. The molecule has 0 fully saturated rings. The molecule has 0 radical (unpaired) electrons. The number of nitrogens with zero attached hydrogens (tertiary/aromatic N) is 4. The van der Waals surface area contributed by atoms with Crippen LogP contribution in [0.2, 0.25) is 0 Å². The molecule has 2 rings (SSSR count). The Labute approximate surface area is 94.6 Å². The zero-order valence-corrected chi connectivity index (χ0v) is 9.51. The predicted molar refractivity (Wildman–Crippen MR) is 63.1 cm³/mol. The fourth-order valence-corrected chi connectivity index (χ4v) is 1.59. The van der Waals surface area contributed by atoms with E-state index in [0.717, 1.165) is 30.3 Å². The van der Waals surface area contributed by atoms with Gasteiger partial charge in [-0.15, -0.1) is 0 Å². The second-order valence-corrected chi connectivity index (χ2v) is 3.35. The highest BCUT2D eigenvalue weighted by Gasteiger charge is 2.10. The van der Waals surface area contributed by atoms with Crippen LogP contribution >= 0.6 is 0 Å². The zero-order chi connectivity index (χ0) is 11.4. The Morgan fingerprint density at radius 2 is 2.06 bits per heavy atom. The quantitative estimate of drug-likeness (QED) is 0.848. The van der Waals surface area contributed by atoms with Crippen molar-refractivity contribution >= 4 is 5.82 Å². The van der Waals surface area contributed by atoms with Gasteiger partial charge >= 0.3 is 0 Å². The van der Waals surface area contributed by atoms with Gasteiger partial charge in [-0.2, -0.15) is 0 Å². The Morgan fingerprint density at radius 3 is 2.81 bits per heavy atom. The van der Waals surface area contributed by atoms with Gasteiger partial charge < -0.3 is 9.88 Å². The van der Waals surface area contributed by atoms with Crippen LogP contribution in [-0.4, -0.2) is 26.1 Å². The second kappa shape index (κ2) is 4.74.